The molecular formula is C11H17N3O2. The Morgan fingerprint density at radius 1 is 1.44 bits per heavy atom. The van der Waals surface area contributed by atoms with Crippen LogP contribution < -0.4 is 11.1 Å². The van der Waals surface area contributed by atoms with E-state index in [0.29, 0.717) is 13.0 Å². The number of carbonyl (C=O) groups is 2. The third kappa shape index (κ3) is 1.82. The number of hydrogen-bond acceptors (Lipinski definition) is 3. The minimum Gasteiger partial charge on any atom is -0.368 e. The lowest BCUT2D eigenvalue weighted by molar-refractivity contribution is -0.134. The highest BCUT2D eigenvalue weighted by atomic mass is 16.2. The van der Waals surface area contributed by atoms with Crippen LogP contribution in [0.4, 0.5) is 0 Å². The molecule has 2 aliphatic rings. The van der Waals surface area contributed by atoms with E-state index < -0.39 is 11.9 Å². The van der Waals surface area contributed by atoms with Crippen LogP contribution in [0, 0.1) is 0 Å². The van der Waals surface area contributed by atoms with Crippen LogP contribution >= 0.6 is 0 Å². The fourth-order valence-electron chi connectivity index (χ4n) is 2.19. The average molecular weight is 223 g/mol. The Morgan fingerprint density at radius 3 is 2.62 bits per heavy atom. The van der Waals surface area contributed by atoms with Gasteiger partial charge in [0.2, 0.25) is 11.8 Å². The highest BCUT2D eigenvalue weighted by Gasteiger charge is 2.34. The summed E-state index contributed by atoms with van der Waals surface area (Å²) in [7, 11) is 0. The third-order valence-corrected chi connectivity index (χ3v) is 3.37. The van der Waals surface area contributed by atoms with Crippen molar-refractivity contribution in [1.82, 2.24) is 10.2 Å². The maximum atomic E-state index is 12.1. The lowest BCUT2D eigenvalue weighted by Crippen LogP contribution is -2.45. The number of nitrogens with one attached hydrogen (secondary N) is 1. The van der Waals surface area contributed by atoms with Crippen LogP contribution in [0.5, 0.6) is 0 Å². The average Bonchev–Trinajstić information content (AvgIpc) is 2.61. The minimum absolute atomic E-state index is 0.0298. The number of hydrogen-bond donors (Lipinski definition) is 2. The SMILES string of the molecule is CC(C(=O)N1CCCC1C(N)=O)=C1CNC1. The van der Waals surface area contributed by atoms with E-state index in [1.807, 2.05) is 6.92 Å². The zero-order valence-corrected chi connectivity index (χ0v) is 9.45. The lowest BCUT2D eigenvalue weighted by atomic mass is 10.0. The Morgan fingerprint density at radius 2 is 2.12 bits per heavy atom. The molecule has 5 heteroatoms. The van der Waals surface area contributed by atoms with Gasteiger partial charge >= 0.3 is 0 Å². The van der Waals surface area contributed by atoms with Gasteiger partial charge in [0.15, 0.2) is 0 Å². The van der Waals surface area contributed by atoms with Crippen LogP contribution in [0.1, 0.15) is 19.8 Å². The smallest absolute Gasteiger partial charge is 0.250 e. The van der Waals surface area contributed by atoms with Crippen LogP contribution in [-0.2, 0) is 9.59 Å². The second-order valence-electron chi connectivity index (χ2n) is 4.39. The molecule has 2 rings (SSSR count). The fourth-order valence-corrected chi connectivity index (χ4v) is 2.19. The van der Waals surface area contributed by atoms with E-state index in [0.717, 1.165) is 30.7 Å². The van der Waals surface area contributed by atoms with Crippen LogP contribution in [0.2, 0.25) is 0 Å². The van der Waals surface area contributed by atoms with Gasteiger partial charge in [-0.25, -0.2) is 0 Å². The number of nitrogens with two attached hydrogens (primary N) is 1. The molecule has 0 aromatic rings. The Balaban J connectivity index is 2.12. The van der Waals surface area contributed by atoms with Crippen molar-refractivity contribution in [3.63, 3.8) is 0 Å². The number of carbonyl (C=O) groups excluding carboxylic acids is 2. The van der Waals surface area contributed by atoms with Crippen molar-refractivity contribution in [1.29, 1.82) is 0 Å². The molecule has 0 spiro atoms. The maximum absolute atomic E-state index is 12.1. The first-order chi connectivity index (χ1) is 7.61. The lowest BCUT2D eigenvalue weighted by Gasteiger charge is -2.27. The monoisotopic (exact) mass is 223 g/mol. The summed E-state index contributed by atoms with van der Waals surface area (Å²) in [5, 5.41) is 3.10. The summed E-state index contributed by atoms with van der Waals surface area (Å²) < 4.78 is 0. The number of primary amides is 1. The van der Waals surface area contributed by atoms with Crippen LogP contribution in [-0.4, -0.2) is 42.4 Å². The number of likely N-dealkylation sites (tertiary alicyclic amines) is 1. The zero-order valence-electron chi connectivity index (χ0n) is 9.45. The van der Waals surface area contributed by atoms with E-state index in [1.165, 1.54) is 0 Å². The first-order valence-corrected chi connectivity index (χ1v) is 5.61. The Kier molecular flexibility index (Phi) is 2.96. The maximum Gasteiger partial charge on any atom is 0.250 e. The largest absolute Gasteiger partial charge is 0.368 e. The highest BCUT2D eigenvalue weighted by molar-refractivity contribution is 5.97. The van der Waals surface area contributed by atoms with Crippen molar-refractivity contribution in [2.75, 3.05) is 19.6 Å². The molecule has 3 N–H and O–H groups in total. The van der Waals surface area contributed by atoms with E-state index in [9.17, 15) is 9.59 Å². The van der Waals surface area contributed by atoms with Crippen molar-refractivity contribution in [2.24, 2.45) is 5.73 Å². The number of amides is 2. The summed E-state index contributed by atoms with van der Waals surface area (Å²) in [4.78, 5) is 24.9. The second-order valence-corrected chi connectivity index (χ2v) is 4.39. The summed E-state index contributed by atoms with van der Waals surface area (Å²) >= 11 is 0. The summed E-state index contributed by atoms with van der Waals surface area (Å²) in [5.74, 6) is -0.423. The van der Waals surface area contributed by atoms with E-state index in [-0.39, 0.29) is 5.91 Å². The van der Waals surface area contributed by atoms with Gasteiger partial charge in [-0.2, -0.15) is 0 Å². The minimum atomic E-state index is -0.406. The topological polar surface area (TPSA) is 75.4 Å². The van der Waals surface area contributed by atoms with Gasteiger partial charge in [0.25, 0.3) is 0 Å². The normalized spacial score (nSPS) is 24.2. The molecule has 2 saturated heterocycles. The molecule has 2 aliphatic heterocycles. The first kappa shape index (κ1) is 11.1. The molecule has 88 valence electrons. The fraction of sp³-hybridized carbons (Fsp3) is 0.636. The Bertz CT molecular complexity index is 356. The molecule has 0 aromatic heterocycles. The molecule has 1 unspecified atom stereocenters. The molecule has 0 aromatic carbocycles. The van der Waals surface area contributed by atoms with Crippen LogP contribution in [0.25, 0.3) is 0 Å². The molecule has 0 radical (unpaired) electrons. The summed E-state index contributed by atoms with van der Waals surface area (Å²) in [6.45, 7) is 4.04. The van der Waals surface area contributed by atoms with E-state index in [4.69, 9.17) is 5.73 Å². The molecular weight excluding hydrogens is 206 g/mol. The van der Waals surface area contributed by atoms with E-state index in [1.54, 1.807) is 4.90 Å². The van der Waals surface area contributed by atoms with Crippen molar-refractivity contribution in [2.45, 2.75) is 25.8 Å². The number of nitrogens with zero attached hydrogens (tertiary/aromatic N) is 1. The first-order valence-electron chi connectivity index (χ1n) is 5.61. The van der Waals surface area contributed by atoms with Gasteiger partial charge in [-0.15, -0.1) is 0 Å². The van der Waals surface area contributed by atoms with E-state index in [2.05, 4.69) is 5.32 Å². The molecule has 0 aliphatic carbocycles. The van der Waals surface area contributed by atoms with Crippen molar-refractivity contribution in [3.05, 3.63) is 11.1 Å². The van der Waals surface area contributed by atoms with Crippen molar-refractivity contribution in [3.8, 4) is 0 Å². The molecule has 2 amide bonds. The zero-order chi connectivity index (χ0) is 11.7. The predicted octanol–water partition coefficient (Wildman–Crippen LogP) is -0.618. The Hall–Kier alpha value is -1.36. The van der Waals surface area contributed by atoms with Gasteiger partial charge in [-0.3, -0.25) is 9.59 Å². The van der Waals surface area contributed by atoms with Crippen LogP contribution in [0.15, 0.2) is 11.1 Å². The van der Waals surface area contributed by atoms with E-state index >= 15 is 0 Å². The van der Waals surface area contributed by atoms with Gasteiger partial charge < -0.3 is 16.0 Å². The third-order valence-electron chi connectivity index (χ3n) is 3.37. The predicted molar refractivity (Wildman–Crippen MR) is 59.5 cm³/mol. The summed E-state index contributed by atoms with van der Waals surface area (Å²) in [6.07, 6.45) is 1.56. The quantitative estimate of drug-likeness (QED) is 0.613. The summed E-state index contributed by atoms with van der Waals surface area (Å²) in [5.41, 5.74) is 7.20. The van der Waals surface area contributed by atoms with Gasteiger partial charge in [0.05, 0.1) is 0 Å². The van der Waals surface area contributed by atoms with Crippen molar-refractivity contribution < 1.29 is 9.59 Å². The molecule has 16 heavy (non-hydrogen) atoms. The van der Waals surface area contributed by atoms with Gasteiger partial charge in [0, 0.05) is 25.2 Å². The molecule has 1 atom stereocenters. The van der Waals surface area contributed by atoms with Crippen molar-refractivity contribution >= 4 is 11.8 Å². The van der Waals surface area contributed by atoms with Gasteiger partial charge in [-0.05, 0) is 25.3 Å². The molecule has 5 nitrogen and oxygen atoms in total. The summed E-state index contributed by atoms with van der Waals surface area (Å²) in [6, 6.07) is -0.406. The van der Waals surface area contributed by atoms with Crippen LogP contribution in [0.3, 0.4) is 0 Å². The molecule has 2 heterocycles. The Labute approximate surface area is 94.7 Å². The molecule has 0 saturated carbocycles. The van der Waals surface area contributed by atoms with Gasteiger partial charge in [-0.1, -0.05) is 0 Å². The number of rotatable bonds is 2. The van der Waals surface area contributed by atoms with Gasteiger partial charge in [0.1, 0.15) is 6.04 Å². The highest BCUT2D eigenvalue weighted by Crippen LogP contribution is 2.21. The molecule has 0 bridgehead atoms. The second kappa shape index (κ2) is 4.25. The molecule has 2 fully saturated rings. The standard InChI is InChI=1S/C11H17N3O2/c1-7(8-5-13-6-8)11(16)14-4-2-3-9(14)10(12)15/h9,13H,2-6H2,1H3,(H2,12,15).